The van der Waals surface area contributed by atoms with Crippen LogP contribution >= 0.6 is 0 Å². The summed E-state index contributed by atoms with van der Waals surface area (Å²) in [5.41, 5.74) is 3.96. The number of pyridine rings is 1. The Bertz CT molecular complexity index is 596. The largest absolute Gasteiger partial charge is 0.378 e. The molecule has 4 heteroatoms. The lowest BCUT2D eigenvalue weighted by Gasteiger charge is -2.17. The van der Waals surface area contributed by atoms with Crippen LogP contribution in [0.25, 0.3) is 0 Å². The van der Waals surface area contributed by atoms with Crippen LogP contribution in [0.3, 0.4) is 0 Å². The second-order valence-electron chi connectivity index (χ2n) is 4.86. The third kappa shape index (κ3) is 3.57. The molecule has 0 bridgehead atoms. The molecule has 1 unspecified atom stereocenters. The van der Waals surface area contributed by atoms with Crippen LogP contribution in [0.15, 0.2) is 42.7 Å². The fourth-order valence-corrected chi connectivity index (χ4v) is 2.00. The van der Waals surface area contributed by atoms with E-state index in [2.05, 4.69) is 22.5 Å². The zero-order chi connectivity index (χ0) is 14.5. The summed E-state index contributed by atoms with van der Waals surface area (Å²) in [7, 11) is 0. The minimum Gasteiger partial charge on any atom is -0.378 e. The number of benzene rings is 1. The van der Waals surface area contributed by atoms with E-state index in [4.69, 9.17) is 0 Å². The molecule has 2 rings (SSSR count). The Balaban J connectivity index is 2.15. The van der Waals surface area contributed by atoms with Gasteiger partial charge in [-0.25, -0.2) is 0 Å². The minimum absolute atomic E-state index is 0.0643. The number of aromatic nitrogens is 1. The summed E-state index contributed by atoms with van der Waals surface area (Å²) in [4.78, 5) is 15.3. The van der Waals surface area contributed by atoms with Crippen LogP contribution in [0, 0.1) is 6.92 Å². The predicted molar refractivity (Wildman–Crippen MR) is 81.8 cm³/mol. The topological polar surface area (TPSA) is 54.0 Å². The van der Waals surface area contributed by atoms with Gasteiger partial charge in [0.2, 0.25) is 5.91 Å². The van der Waals surface area contributed by atoms with E-state index in [1.54, 1.807) is 6.20 Å². The van der Waals surface area contributed by atoms with Crippen LogP contribution in [0.2, 0.25) is 0 Å². The summed E-state index contributed by atoms with van der Waals surface area (Å²) >= 11 is 0. The van der Waals surface area contributed by atoms with E-state index in [1.165, 1.54) is 6.92 Å². The molecule has 1 amide bonds. The lowest BCUT2D eigenvalue weighted by Crippen LogP contribution is -2.10. The lowest BCUT2D eigenvalue weighted by molar-refractivity contribution is -0.114. The number of hydrogen-bond donors (Lipinski definition) is 2. The zero-order valence-corrected chi connectivity index (χ0v) is 12.0. The molecule has 0 fully saturated rings. The van der Waals surface area contributed by atoms with Crippen molar-refractivity contribution in [3.63, 3.8) is 0 Å². The van der Waals surface area contributed by atoms with Gasteiger partial charge in [0.05, 0.1) is 6.04 Å². The summed E-state index contributed by atoms with van der Waals surface area (Å²) < 4.78 is 0. The van der Waals surface area contributed by atoms with Crippen molar-refractivity contribution in [1.29, 1.82) is 0 Å². The van der Waals surface area contributed by atoms with E-state index in [0.717, 1.165) is 22.5 Å². The van der Waals surface area contributed by atoms with Crippen molar-refractivity contribution >= 4 is 17.3 Å². The molecular weight excluding hydrogens is 250 g/mol. The summed E-state index contributed by atoms with van der Waals surface area (Å²) in [5, 5.41) is 6.24. The molecule has 2 aromatic rings. The normalized spacial score (nSPS) is 11.8. The molecule has 1 aromatic heterocycles. The molecule has 0 saturated heterocycles. The van der Waals surface area contributed by atoms with Crippen LogP contribution < -0.4 is 10.6 Å². The van der Waals surface area contributed by atoms with Crippen molar-refractivity contribution in [2.75, 3.05) is 10.6 Å². The van der Waals surface area contributed by atoms with Gasteiger partial charge >= 0.3 is 0 Å². The number of nitrogens with one attached hydrogen (secondary N) is 2. The summed E-state index contributed by atoms with van der Waals surface area (Å²) in [6.07, 6.45) is 3.61. The van der Waals surface area contributed by atoms with E-state index in [-0.39, 0.29) is 11.9 Å². The molecule has 4 nitrogen and oxygen atoms in total. The van der Waals surface area contributed by atoms with E-state index in [9.17, 15) is 4.79 Å². The number of carbonyl (C=O) groups excluding carboxylic acids is 1. The van der Waals surface area contributed by atoms with Crippen LogP contribution in [-0.4, -0.2) is 10.9 Å². The Kier molecular flexibility index (Phi) is 4.35. The first-order valence-electron chi connectivity index (χ1n) is 6.61. The summed E-state index contributed by atoms with van der Waals surface area (Å²) in [5.74, 6) is -0.0643. The highest BCUT2D eigenvalue weighted by atomic mass is 16.1. The molecule has 0 saturated carbocycles. The Morgan fingerprint density at radius 2 is 2.10 bits per heavy atom. The zero-order valence-electron chi connectivity index (χ0n) is 12.0. The molecule has 20 heavy (non-hydrogen) atoms. The highest BCUT2D eigenvalue weighted by Crippen LogP contribution is 2.24. The quantitative estimate of drug-likeness (QED) is 0.893. The number of carbonyl (C=O) groups is 1. The highest BCUT2D eigenvalue weighted by Gasteiger charge is 2.07. The maximum Gasteiger partial charge on any atom is 0.221 e. The van der Waals surface area contributed by atoms with Crippen molar-refractivity contribution in [2.45, 2.75) is 26.8 Å². The van der Waals surface area contributed by atoms with Crippen molar-refractivity contribution in [2.24, 2.45) is 0 Å². The Morgan fingerprint density at radius 3 is 2.75 bits per heavy atom. The standard InChI is InChI=1S/C16H19N3O/c1-11-6-7-15(9-16(11)19-13(3)20)18-12(2)14-5-4-8-17-10-14/h4-10,12,18H,1-3H3,(H,19,20). The Morgan fingerprint density at radius 1 is 1.30 bits per heavy atom. The van der Waals surface area contributed by atoms with Gasteiger partial charge in [0, 0.05) is 30.7 Å². The molecule has 0 radical (unpaired) electrons. The highest BCUT2D eigenvalue weighted by molar-refractivity contribution is 5.90. The van der Waals surface area contributed by atoms with Crippen LogP contribution in [0.1, 0.15) is 31.0 Å². The maximum absolute atomic E-state index is 11.2. The number of hydrogen-bond acceptors (Lipinski definition) is 3. The summed E-state index contributed by atoms with van der Waals surface area (Å²) in [6.45, 7) is 5.56. The molecule has 1 atom stereocenters. The van der Waals surface area contributed by atoms with Gasteiger partial charge in [-0.15, -0.1) is 0 Å². The fraction of sp³-hybridized carbons (Fsp3) is 0.250. The van der Waals surface area contributed by atoms with Gasteiger partial charge in [0.1, 0.15) is 0 Å². The lowest BCUT2D eigenvalue weighted by atomic mass is 10.1. The van der Waals surface area contributed by atoms with E-state index < -0.39 is 0 Å². The average Bonchev–Trinajstić information content (AvgIpc) is 2.43. The van der Waals surface area contributed by atoms with Gasteiger partial charge in [-0.3, -0.25) is 9.78 Å². The van der Waals surface area contributed by atoms with Crippen molar-refractivity contribution in [1.82, 2.24) is 4.98 Å². The molecular formula is C16H19N3O. The Hall–Kier alpha value is -2.36. The van der Waals surface area contributed by atoms with Crippen molar-refractivity contribution < 1.29 is 4.79 Å². The average molecular weight is 269 g/mol. The van der Waals surface area contributed by atoms with E-state index in [0.29, 0.717) is 0 Å². The van der Waals surface area contributed by atoms with Gasteiger partial charge in [-0.05, 0) is 43.2 Å². The van der Waals surface area contributed by atoms with E-state index in [1.807, 2.05) is 43.5 Å². The molecule has 0 aliphatic rings. The first-order valence-corrected chi connectivity index (χ1v) is 6.61. The molecule has 0 spiro atoms. The first kappa shape index (κ1) is 14.1. The third-order valence-corrected chi connectivity index (χ3v) is 3.12. The fourth-order valence-electron chi connectivity index (χ4n) is 2.00. The second kappa shape index (κ2) is 6.19. The number of amides is 1. The van der Waals surface area contributed by atoms with Crippen molar-refractivity contribution in [3.8, 4) is 0 Å². The molecule has 0 aliphatic carbocycles. The van der Waals surface area contributed by atoms with Crippen LogP contribution in [0.4, 0.5) is 11.4 Å². The number of aryl methyl sites for hydroxylation is 1. The van der Waals surface area contributed by atoms with Crippen LogP contribution in [-0.2, 0) is 4.79 Å². The van der Waals surface area contributed by atoms with Crippen molar-refractivity contribution in [3.05, 3.63) is 53.9 Å². The predicted octanol–water partition coefficient (Wildman–Crippen LogP) is 3.52. The molecule has 104 valence electrons. The minimum atomic E-state index is -0.0643. The number of anilines is 2. The van der Waals surface area contributed by atoms with E-state index >= 15 is 0 Å². The Labute approximate surface area is 119 Å². The first-order chi connectivity index (χ1) is 9.56. The molecule has 2 N–H and O–H groups in total. The second-order valence-corrected chi connectivity index (χ2v) is 4.86. The molecule has 1 aromatic carbocycles. The molecule has 1 heterocycles. The SMILES string of the molecule is CC(=O)Nc1cc(NC(C)c2cccnc2)ccc1C. The third-order valence-electron chi connectivity index (χ3n) is 3.12. The number of rotatable bonds is 4. The monoisotopic (exact) mass is 269 g/mol. The van der Waals surface area contributed by atoms with Gasteiger partial charge in [0.15, 0.2) is 0 Å². The summed E-state index contributed by atoms with van der Waals surface area (Å²) in [6, 6.07) is 10.1. The van der Waals surface area contributed by atoms with Gasteiger partial charge in [-0.1, -0.05) is 12.1 Å². The maximum atomic E-state index is 11.2. The number of nitrogens with zero attached hydrogens (tertiary/aromatic N) is 1. The molecule has 0 aliphatic heterocycles. The van der Waals surface area contributed by atoms with Crippen LogP contribution in [0.5, 0.6) is 0 Å². The van der Waals surface area contributed by atoms with Gasteiger partial charge < -0.3 is 10.6 Å². The van der Waals surface area contributed by atoms with Gasteiger partial charge in [-0.2, -0.15) is 0 Å². The van der Waals surface area contributed by atoms with Gasteiger partial charge in [0.25, 0.3) is 0 Å². The smallest absolute Gasteiger partial charge is 0.221 e.